The van der Waals surface area contributed by atoms with Gasteiger partial charge in [-0.25, -0.2) is 0 Å². The number of thioether (sulfide) groups is 2. The summed E-state index contributed by atoms with van der Waals surface area (Å²) in [6.45, 7) is 4.84. The summed E-state index contributed by atoms with van der Waals surface area (Å²) in [5.74, 6) is 0. The van der Waals surface area contributed by atoms with Crippen LogP contribution in [0.25, 0.3) is 0 Å². The minimum atomic E-state index is 0.421. The van der Waals surface area contributed by atoms with Gasteiger partial charge in [-0.05, 0) is 61.8 Å². The van der Waals surface area contributed by atoms with Gasteiger partial charge in [-0.1, -0.05) is 12.2 Å². The van der Waals surface area contributed by atoms with Crippen LogP contribution >= 0.6 is 60.2 Å². The van der Waals surface area contributed by atoms with Crippen molar-refractivity contribution in [2.45, 2.75) is 13.8 Å². The molecule has 0 amide bonds. The fourth-order valence-corrected chi connectivity index (χ4v) is 3.52. The lowest BCUT2D eigenvalue weighted by Crippen LogP contribution is -2.02. The second-order valence-electron chi connectivity index (χ2n) is 1.82. The van der Waals surface area contributed by atoms with Gasteiger partial charge in [0.15, 0.2) is 0 Å². The third kappa shape index (κ3) is 7.93. The highest BCUT2D eigenvalue weighted by Crippen LogP contribution is 2.21. The van der Waals surface area contributed by atoms with Crippen molar-refractivity contribution in [3.05, 3.63) is 0 Å². The van der Waals surface area contributed by atoms with E-state index < -0.39 is 0 Å². The molecule has 0 heterocycles. The molecule has 0 radical (unpaired) electrons. The Morgan fingerprint density at radius 3 is 1.57 bits per heavy atom. The molecular weight excluding hydrogens is 276 g/mol. The Morgan fingerprint density at radius 1 is 0.929 bits per heavy atom. The maximum absolute atomic E-state index is 5.06. The molecule has 7 heteroatoms. The smallest absolute Gasteiger partial charge is 0.226 e. The van der Waals surface area contributed by atoms with Crippen molar-refractivity contribution in [3.63, 3.8) is 0 Å². The second-order valence-corrected chi connectivity index (χ2v) is 6.23. The van der Waals surface area contributed by atoms with Crippen molar-refractivity contribution < 1.29 is 9.47 Å². The molecule has 0 aliphatic rings. The van der Waals surface area contributed by atoms with Crippen LogP contribution in [-0.4, -0.2) is 25.5 Å². The van der Waals surface area contributed by atoms with Gasteiger partial charge in [-0.2, -0.15) is 0 Å². The number of hydrogen-bond donors (Lipinski definition) is 0. The molecule has 0 bridgehead atoms. The first kappa shape index (κ1) is 14.6. The summed E-state index contributed by atoms with van der Waals surface area (Å²) in [5, 5.41) is 0. The Labute approximate surface area is 108 Å². The summed E-state index contributed by atoms with van der Waals surface area (Å²) in [7, 11) is 0. The highest BCUT2D eigenvalue weighted by molar-refractivity contribution is 8.59. The Hall–Kier alpha value is 0.570. The fourth-order valence-electron chi connectivity index (χ4n) is 0.452. The molecule has 0 aliphatic carbocycles. The normalized spacial score (nSPS) is 9.29. The monoisotopic (exact) mass is 286 g/mol. The summed E-state index contributed by atoms with van der Waals surface area (Å²) >= 11 is 17.3. The summed E-state index contributed by atoms with van der Waals surface area (Å²) in [4.78, 5) is 0. The van der Waals surface area contributed by atoms with Crippen molar-refractivity contribution in [1.82, 2.24) is 0 Å². The van der Waals surface area contributed by atoms with E-state index in [9.17, 15) is 0 Å². The summed E-state index contributed by atoms with van der Waals surface area (Å²) < 4.78 is 11.6. The molecular formula is C7H10O2S5. The fraction of sp³-hybridized carbons (Fsp3) is 0.571. The molecule has 0 aromatic heterocycles. The average Bonchev–Trinajstić information content (AvgIpc) is 2.03. The molecule has 0 atom stereocenters. The largest absolute Gasteiger partial charge is 0.479 e. The quantitative estimate of drug-likeness (QED) is 0.715. The van der Waals surface area contributed by atoms with Crippen molar-refractivity contribution in [2.75, 3.05) is 13.2 Å². The van der Waals surface area contributed by atoms with Crippen LogP contribution in [0.4, 0.5) is 0 Å². The van der Waals surface area contributed by atoms with Crippen LogP contribution in [0.2, 0.25) is 0 Å². The predicted molar refractivity (Wildman–Crippen MR) is 76.2 cm³/mol. The zero-order valence-corrected chi connectivity index (χ0v) is 11.9. The van der Waals surface area contributed by atoms with Crippen LogP contribution in [0.15, 0.2) is 0 Å². The first-order valence-electron chi connectivity index (χ1n) is 3.83. The van der Waals surface area contributed by atoms with Gasteiger partial charge in [-0.15, -0.1) is 0 Å². The standard InChI is InChI=1S/C7H10O2S5/c1-3-8-5(10)13-7(12)14-6(11)9-4-2/h3-4H2,1-2H3. The van der Waals surface area contributed by atoms with Gasteiger partial charge in [-0.3, -0.25) is 0 Å². The van der Waals surface area contributed by atoms with Gasteiger partial charge in [0, 0.05) is 0 Å². The van der Waals surface area contributed by atoms with Gasteiger partial charge >= 0.3 is 0 Å². The molecule has 14 heavy (non-hydrogen) atoms. The van der Waals surface area contributed by atoms with Crippen LogP contribution in [0, 0.1) is 0 Å². The van der Waals surface area contributed by atoms with Crippen molar-refractivity contribution in [2.24, 2.45) is 0 Å². The third-order valence-corrected chi connectivity index (χ3v) is 3.50. The lowest BCUT2D eigenvalue weighted by atomic mass is 10.9. The van der Waals surface area contributed by atoms with E-state index in [4.69, 9.17) is 46.1 Å². The highest BCUT2D eigenvalue weighted by atomic mass is 32.2. The van der Waals surface area contributed by atoms with Gasteiger partial charge in [0.05, 0.1) is 13.2 Å². The molecule has 0 unspecified atom stereocenters. The summed E-state index contributed by atoms with van der Waals surface area (Å²) in [6, 6.07) is 0. The van der Waals surface area contributed by atoms with Crippen LogP contribution in [0.1, 0.15) is 13.8 Å². The highest BCUT2D eigenvalue weighted by Gasteiger charge is 2.08. The first-order chi connectivity index (χ1) is 6.60. The van der Waals surface area contributed by atoms with Gasteiger partial charge in [0.1, 0.15) is 3.53 Å². The number of thiocarbonyl (C=S) groups is 3. The summed E-state index contributed by atoms with van der Waals surface area (Å²) in [6.07, 6.45) is 0. The van der Waals surface area contributed by atoms with E-state index in [1.165, 1.54) is 23.5 Å². The zero-order valence-electron chi connectivity index (χ0n) is 7.77. The van der Waals surface area contributed by atoms with E-state index in [2.05, 4.69) is 0 Å². The van der Waals surface area contributed by atoms with Crippen molar-refractivity contribution in [1.29, 1.82) is 0 Å². The molecule has 0 fully saturated rings. The van der Waals surface area contributed by atoms with Gasteiger partial charge in [0.2, 0.25) is 8.77 Å². The maximum Gasteiger partial charge on any atom is 0.226 e. The zero-order chi connectivity index (χ0) is 11.0. The van der Waals surface area contributed by atoms with E-state index in [-0.39, 0.29) is 0 Å². The topological polar surface area (TPSA) is 18.5 Å². The molecule has 0 aliphatic heterocycles. The summed E-state index contributed by atoms with van der Waals surface area (Å²) in [5.41, 5.74) is 0. The Balaban J connectivity index is 3.75. The molecule has 0 saturated heterocycles. The van der Waals surface area contributed by atoms with Crippen LogP contribution < -0.4 is 0 Å². The van der Waals surface area contributed by atoms with E-state index in [1.54, 1.807) is 0 Å². The average molecular weight is 286 g/mol. The molecule has 0 aromatic rings. The molecule has 0 spiro atoms. The predicted octanol–water partition coefficient (Wildman–Crippen LogP) is 3.38. The Morgan fingerprint density at radius 2 is 1.29 bits per heavy atom. The molecule has 80 valence electrons. The Kier molecular flexibility index (Phi) is 9.20. The lowest BCUT2D eigenvalue weighted by molar-refractivity contribution is 0.346. The van der Waals surface area contributed by atoms with E-state index >= 15 is 0 Å². The molecule has 2 nitrogen and oxygen atoms in total. The van der Waals surface area contributed by atoms with Gasteiger partial charge < -0.3 is 9.47 Å². The third-order valence-electron chi connectivity index (χ3n) is 0.858. The second kappa shape index (κ2) is 8.84. The van der Waals surface area contributed by atoms with Crippen molar-refractivity contribution >= 4 is 72.5 Å². The Bertz CT molecular complexity index is 206. The van der Waals surface area contributed by atoms with Crippen molar-refractivity contribution in [3.8, 4) is 0 Å². The minimum absolute atomic E-state index is 0.421. The SMILES string of the molecule is CCOC(=S)SC(=S)SC(=S)OCC. The van der Waals surface area contributed by atoms with E-state index in [0.717, 1.165) is 0 Å². The van der Waals surface area contributed by atoms with Crippen LogP contribution in [0.5, 0.6) is 0 Å². The van der Waals surface area contributed by atoms with Gasteiger partial charge in [0.25, 0.3) is 0 Å². The number of rotatable bonds is 2. The molecule has 0 rings (SSSR count). The molecule has 0 saturated carbocycles. The molecule has 0 aromatic carbocycles. The van der Waals surface area contributed by atoms with Crippen LogP contribution in [-0.2, 0) is 9.47 Å². The first-order valence-corrected chi connectivity index (χ1v) is 6.69. The lowest BCUT2D eigenvalue weighted by Gasteiger charge is -2.05. The minimum Gasteiger partial charge on any atom is -0.479 e. The van der Waals surface area contributed by atoms with E-state index in [1.807, 2.05) is 13.8 Å². The molecule has 0 N–H and O–H groups in total. The maximum atomic E-state index is 5.06. The number of hydrogen-bond acceptors (Lipinski definition) is 7. The van der Waals surface area contributed by atoms with E-state index in [0.29, 0.717) is 25.5 Å². The number of ether oxygens (including phenoxy) is 2. The van der Waals surface area contributed by atoms with Crippen LogP contribution in [0.3, 0.4) is 0 Å².